The molecule has 1 saturated carbocycles. The molecule has 1 aliphatic carbocycles. The minimum absolute atomic E-state index is 0.149. The fourth-order valence-corrected chi connectivity index (χ4v) is 5.31. The lowest BCUT2D eigenvalue weighted by atomic mass is 9.70. The van der Waals surface area contributed by atoms with Gasteiger partial charge in [0.25, 0.3) is 0 Å². The quantitative estimate of drug-likeness (QED) is 0.444. The van der Waals surface area contributed by atoms with E-state index in [1.165, 1.54) is 7.11 Å². The van der Waals surface area contributed by atoms with Crippen molar-refractivity contribution in [3.8, 4) is 11.5 Å². The summed E-state index contributed by atoms with van der Waals surface area (Å²) in [6.45, 7) is 2.52. The molecule has 0 saturated heterocycles. The van der Waals surface area contributed by atoms with Crippen molar-refractivity contribution in [2.45, 2.75) is 45.1 Å². The van der Waals surface area contributed by atoms with Crippen molar-refractivity contribution in [2.24, 2.45) is 5.41 Å². The predicted octanol–water partition coefficient (Wildman–Crippen LogP) is 4.96. The molecule has 0 bridgehead atoms. The van der Waals surface area contributed by atoms with Gasteiger partial charge in [-0.1, -0.05) is 6.42 Å². The van der Waals surface area contributed by atoms with Crippen LogP contribution in [0.1, 0.15) is 49.9 Å². The number of rotatable bonds is 7. The number of nitrogens with zero attached hydrogens (tertiary/aromatic N) is 3. The number of ether oxygens (including phenoxy) is 3. The number of fused-ring (bicyclic) bond motifs is 1. The van der Waals surface area contributed by atoms with E-state index < -0.39 is 5.41 Å². The smallest absolute Gasteiger partial charge is 0.311 e. The molecule has 0 unspecified atom stereocenters. The molecule has 0 amide bonds. The summed E-state index contributed by atoms with van der Waals surface area (Å²) < 4.78 is 18.7. The van der Waals surface area contributed by atoms with Gasteiger partial charge in [0.1, 0.15) is 27.4 Å². The summed E-state index contributed by atoms with van der Waals surface area (Å²) in [6, 6.07) is 5.73. The van der Waals surface area contributed by atoms with Gasteiger partial charge in [0.05, 0.1) is 26.7 Å². The van der Waals surface area contributed by atoms with Gasteiger partial charge in [-0.3, -0.25) is 9.20 Å². The van der Waals surface area contributed by atoms with E-state index in [4.69, 9.17) is 19.2 Å². The highest BCUT2D eigenvalue weighted by Gasteiger charge is 2.41. The van der Waals surface area contributed by atoms with Gasteiger partial charge in [-0.05, 0) is 54.2 Å². The highest BCUT2D eigenvalue weighted by atomic mass is 79.9. The van der Waals surface area contributed by atoms with E-state index in [0.717, 1.165) is 52.3 Å². The third-order valence-electron chi connectivity index (χ3n) is 6.50. The molecule has 0 radical (unpaired) electrons. The van der Waals surface area contributed by atoms with Crippen molar-refractivity contribution >= 4 is 33.2 Å². The van der Waals surface area contributed by atoms with Crippen molar-refractivity contribution in [3.05, 3.63) is 46.6 Å². The number of halogens is 1. The zero-order valence-electron chi connectivity index (χ0n) is 19.4. The maximum absolute atomic E-state index is 12.4. The normalized spacial score (nSPS) is 20.5. The topological polar surface area (TPSA) is 87.0 Å². The molecule has 1 aliphatic rings. The van der Waals surface area contributed by atoms with E-state index in [9.17, 15) is 4.79 Å². The summed E-state index contributed by atoms with van der Waals surface area (Å²) in [5, 5.41) is 3.42. The molecule has 4 rings (SSSR count). The molecule has 1 N–H and O–H groups in total. The zero-order chi connectivity index (χ0) is 23.6. The number of esters is 1. The average Bonchev–Trinajstić information content (AvgIpc) is 3.19. The monoisotopic (exact) mass is 516 g/mol. The maximum Gasteiger partial charge on any atom is 0.311 e. The lowest BCUT2D eigenvalue weighted by Gasteiger charge is -2.35. The van der Waals surface area contributed by atoms with E-state index in [0.29, 0.717) is 18.8 Å². The first-order chi connectivity index (χ1) is 15.9. The van der Waals surface area contributed by atoms with Gasteiger partial charge in [0, 0.05) is 36.5 Å². The Labute approximate surface area is 201 Å². The van der Waals surface area contributed by atoms with E-state index in [-0.39, 0.29) is 11.9 Å². The van der Waals surface area contributed by atoms with E-state index >= 15 is 0 Å². The number of benzene rings is 1. The molecule has 2 atom stereocenters. The van der Waals surface area contributed by atoms with Crippen LogP contribution in [0.15, 0.2) is 35.2 Å². The summed E-state index contributed by atoms with van der Waals surface area (Å²) >= 11 is 3.63. The first-order valence-corrected chi connectivity index (χ1v) is 11.7. The van der Waals surface area contributed by atoms with Gasteiger partial charge in [0.15, 0.2) is 5.82 Å². The van der Waals surface area contributed by atoms with E-state index in [2.05, 4.69) is 30.6 Å². The number of hydrogen-bond acceptors (Lipinski definition) is 7. The Bertz CT molecular complexity index is 1160. The lowest BCUT2D eigenvalue weighted by Crippen LogP contribution is -2.34. The van der Waals surface area contributed by atoms with Crippen molar-refractivity contribution in [1.29, 1.82) is 0 Å². The molecule has 0 spiro atoms. The largest absolute Gasteiger partial charge is 0.497 e. The highest BCUT2D eigenvalue weighted by molar-refractivity contribution is 9.10. The molecule has 176 valence electrons. The number of carbonyl (C=O) groups excluding carboxylic acids is 1. The van der Waals surface area contributed by atoms with Crippen molar-refractivity contribution in [3.63, 3.8) is 0 Å². The molecule has 3 aromatic rings. The predicted molar refractivity (Wildman–Crippen MR) is 129 cm³/mol. The molecular weight excluding hydrogens is 488 g/mol. The van der Waals surface area contributed by atoms with Crippen molar-refractivity contribution in [2.75, 3.05) is 26.6 Å². The number of imidazole rings is 1. The van der Waals surface area contributed by atoms with Crippen LogP contribution in [-0.4, -0.2) is 41.7 Å². The highest BCUT2D eigenvalue weighted by Crippen LogP contribution is 2.45. The molecule has 8 nitrogen and oxygen atoms in total. The fourth-order valence-electron chi connectivity index (χ4n) is 4.75. The second-order valence-electron chi connectivity index (χ2n) is 8.63. The van der Waals surface area contributed by atoms with Crippen LogP contribution in [0.5, 0.6) is 11.5 Å². The Kier molecular flexibility index (Phi) is 6.78. The number of carbonyl (C=O) groups is 1. The van der Waals surface area contributed by atoms with Crippen LogP contribution >= 0.6 is 15.9 Å². The molecule has 2 aromatic heterocycles. The third-order valence-corrected chi connectivity index (χ3v) is 7.05. The molecule has 2 heterocycles. The van der Waals surface area contributed by atoms with Crippen LogP contribution in [0.3, 0.4) is 0 Å². The van der Waals surface area contributed by atoms with Crippen LogP contribution in [0, 0.1) is 5.41 Å². The average molecular weight is 517 g/mol. The van der Waals surface area contributed by atoms with Gasteiger partial charge in [-0.25, -0.2) is 9.97 Å². The summed E-state index contributed by atoms with van der Waals surface area (Å²) in [4.78, 5) is 21.8. The standard InChI is InChI=1S/C24H29BrN4O4/c1-24(23(30)33-4)9-5-6-15(13-24)22-28-20(25)19-21(26-10-11-29(19)22)27-14-16-7-8-17(31-2)12-18(16)32-3/h7-8,10-12,15H,5-6,9,13-14H2,1-4H3,(H,26,27)/t15-,24-/m0/s1. The fraction of sp³-hybridized carbons (Fsp3) is 0.458. The Hall–Kier alpha value is -2.81. The zero-order valence-corrected chi connectivity index (χ0v) is 20.9. The first kappa shape index (κ1) is 23.4. The molecular formula is C24H29BrN4O4. The Morgan fingerprint density at radius 1 is 1.30 bits per heavy atom. The van der Waals surface area contributed by atoms with Gasteiger partial charge in [0.2, 0.25) is 0 Å². The Balaban J connectivity index is 1.62. The SMILES string of the molecule is COC(=O)[C@@]1(C)CCC[C@H](c2nc(Br)c3c(NCc4ccc(OC)cc4OC)nccn23)C1. The second-order valence-corrected chi connectivity index (χ2v) is 9.38. The molecule has 0 aliphatic heterocycles. The minimum atomic E-state index is -0.491. The third kappa shape index (κ3) is 4.51. The van der Waals surface area contributed by atoms with Gasteiger partial charge in [-0.15, -0.1) is 0 Å². The van der Waals surface area contributed by atoms with Crippen LogP contribution in [0.4, 0.5) is 5.82 Å². The number of methoxy groups -OCH3 is 3. The summed E-state index contributed by atoms with van der Waals surface area (Å²) in [7, 11) is 4.73. The second kappa shape index (κ2) is 9.59. The number of hydrogen-bond donors (Lipinski definition) is 1. The first-order valence-electron chi connectivity index (χ1n) is 11.0. The summed E-state index contributed by atoms with van der Waals surface area (Å²) in [5.74, 6) is 3.13. The van der Waals surface area contributed by atoms with Gasteiger partial charge < -0.3 is 19.5 Å². The number of anilines is 1. The summed E-state index contributed by atoms with van der Waals surface area (Å²) in [5.41, 5.74) is 1.36. The Morgan fingerprint density at radius 3 is 2.85 bits per heavy atom. The van der Waals surface area contributed by atoms with E-state index in [1.54, 1.807) is 20.4 Å². The molecule has 9 heteroatoms. The Morgan fingerprint density at radius 2 is 2.12 bits per heavy atom. The molecule has 1 fully saturated rings. The van der Waals surface area contributed by atoms with Crippen LogP contribution in [-0.2, 0) is 16.1 Å². The number of nitrogens with one attached hydrogen (secondary N) is 1. The minimum Gasteiger partial charge on any atom is -0.497 e. The molecule has 33 heavy (non-hydrogen) atoms. The van der Waals surface area contributed by atoms with Crippen LogP contribution in [0.2, 0.25) is 0 Å². The summed E-state index contributed by atoms with van der Waals surface area (Å²) in [6.07, 6.45) is 7.16. The lowest BCUT2D eigenvalue weighted by molar-refractivity contribution is -0.154. The van der Waals surface area contributed by atoms with Gasteiger partial charge in [-0.2, -0.15) is 0 Å². The number of aromatic nitrogens is 3. The van der Waals surface area contributed by atoms with Crippen molar-refractivity contribution in [1.82, 2.24) is 14.4 Å². The maximum atomic E-state index is 12.4. The van der Waals surface area contributed by atoms with E-state index in [1.807, 2.05) is 31.3 Å². The van der Waals surface area contributed by atoms with Crippen LogP contribution < -0.4 is 14.8 Å². The van der Waals surface area contributed by atoms with Crippen molar-refractivity contribution < 1.29 is 19.0 Å². The van der Waals surface area contributed by atoms with Crippen LogP contribution in [0.25, 0.3) is 5.52 Å². The molecule has 1 aromatic carbocycles. The van der Waals surface area contributed by atoms with Gasteiger partial charge >= 0.3 is 5.97 Å².